The maximum Gasteiger partial charge on any atom is 0.306 e. The molecule has 0 amide bonds. The monoisotopic (exact) mass is 947 g/mol. The van der Waals surface area contributed by atoms with Crippen molar-refractivity contribution in [3.05, 3.63) is 85.1 Å². The van der Waals surface area contributed by atoms with Crippen LogP contribution in [0.1, 0.15) is 271 Å². The highest BCUT2D eigenvalue weighted by molar-refractivity contribution is 5.71. The van der Waals surface area contributed by atoms with E-state index in [9.17, 15) is 14.4 Å². The number of allylic oxidation sites excluding steroid dienone is 14. The van der Waals surface area contributed by atoms with Gasteiger partial charge in [-0.1, -0.05) is 241 Å². The molecule has 0 aromatic rings. The number of carbonyl (C=O) groups excluding carboxylic acids is 3. The van der Waals surface area contributed by atoms with Crippen molar-refractivity contribution in [2.45, 2.75) is 277 Å². The molecule has 0 N–H and O–H groups in total. The lowest BCUT2D eigenvalue weighted by atomic mass is 10.1. The van der Waals surface area contributed by atoms with Gasteiger partial charge in [0, 0.05) is 19.3 Å². The third-order valence-corrected chi connectivity index (χ3v) is 12.1. The van der Waals surface area contributed by atoms with Gasteiger partial charge in [-0.15, -0.1) is 0 Å². The molecular weight excluding hydrogens is 841 g/mol. The SMILES string of the molecule is CC/C=C\C/C=C\C/C=C\C/C=C\CCCCCCCCCCC(=O)OCC(COC(=O)CCCCCCCCCC)OC(=O)CCCCCCCC/C=C\C/C=C\C/C=C\CCCCCCC. The van der Waals surface area contributed by atoms with Crippen LogP contribution < -0.4 is 0 Å². The first-order valence-corrected chi connectivity index (χ1v) is 28.6. The Labute approximate surface area is 420 Å². The highest BCUT2D eigenvalue weighted by Crippen LogP contribution is 2.15. The summed E-state index contributed by atoms with van der Waals surface area (Å²) >= 11 is 0. The van der Waals surface area contributed by atoms with E-state index in [1.54, 1.807) is 0 Å². The topological polar surface area (TPSA) is 78.9 Å². The third kappa shape index (κ3) is 53.5. The minimum Gasteiger partial charge on any atom is -0.462 e. The largest absolute Gasteiger partial charge is 0.462 e. The molecule has 1 atom stereocenters. The summed E-state index contributed by atoms with van der Waals surface area (Å²) in [7, 11) is 0. The molecule has 0 aliphatic heterocycles. The molecule has 68 heavy (non-hydrogen) atoms. The standard InChI is InChI=1S/C62H106O6/c1-4-7-10-13-16-19-21-23-25-27-29-31-33-35-37-39-41-43-46-49-52-55-61(64)67-58-59(57-66-60(63)54-51-48-45-18-15-12-9-6-3)68-62(65)56-53-50-47-44-42-40-38-36-34-32-30-28-26-24-22-20-17-14-11-8-5-2/h7,10,16,19,22-25,28-31,34,36,59H,4-6,8-9,11-15,17-18,20-21,26-27,32-33,35,37-58H2,1-3H3/b10-7-,19-16-,24-22-,25-23-,30-28-,31-29-,36-34-. The molecule has 0 fully saturated rings. The molecule has 0 aliphatic rings. The Kier molecular flexibility index (Phi) is 53.4. The molecule has 0 aromatic heterocycles. The lowest BCUT2D eigenvalue weighted by Gasteiger charge is -2.18. The fourth-order valence-corrected chi connectivity index (χ4v) is 7.85. The van der Waals surface area contributed by atoms with Gasteiger partial charge >= 0.3 is 17.9 Å². The maximum atomic E-state index is 12.8. The number of carbonyl (C=O) groups is 3. The van der Waals surface area contributed by atoms with E-state index in [4.69, 9.17) is 14.2 Å². The number of hydrogen-bond acceptors (Lipinski definition) is 6. The van der Waals surface area contributed by atoms with Crippen LogP contribution in [0.15, 0.2) is 85.1 Å². The van der Waals surface area contributed by atoms with Gasteiger partial charge in [0.25, 0.3) is 0 Å². The number of hydrogen-bond donors (Lipinski definition) is 0. The van der Waals surface area contributed by atoms with Gasteiger partial charge in [-0.05, 0) is 96.3 Å². The van der Waals surface area contributed by atoms with E-state index in [0.29, 0.717) is 19.3 Å². The van der Waals surface area contributed by atoms with Crippen LogP contribution in [0.3, 0.4) is 0 Å². The molecule has 0 saturated carbocycles. The first-order valence-electron chi connectivity index (χ1n) is 28.6. The van der Waals surface area contributed by atoms with E-state index in [2.05, 4.69) is 106 Å². The van der Waals surface area contributed by atoms with Crippen molar-refractivity contribution >= 4 is 17.9 Å². The summed E-state index contributed by atoms with van der Waals surface area (Å²) in [4.78, 5) is 38.0. The normalized spacial score (nSPS) is 12.7. The van der Waals surface area contributed by atoms with Gasteiger partial charge in [0.2, 0.25) is 0 Å². The second-order valence-corrected chi connectivity index (χ2v) is 18.8. The summed E-state index contributed by atoms with van der Waals surface area (Å²) in [5.41, 5.74) is 0. The predicted molar refractivity (Wildman–Crippen MR) is 293 cm³/mol. The zero-order valence-corrected chi connectivity index (χ0v) is 44.6. The Hall–Kier alpha value is -3.41. The second-order valence-electron chi connectivity index (χ2n) is 18.8. The van der Waals surface area contributed by atoms with Crippen LogP contribution in [0, 0.1) is 0 Å². The van der Waals surface area contributed by atoms with E-state index in [0.717, 1.165) is 116 Å². The minimum atomic E-state index is -0.785. The van der Waals surface area contributed by atoms with Crippen LogP contribution in [0.25, 0.3) is 0 Å². The summed E-state index contributed by atoms with van der Waals surface area (Å²) in [5, 5.41) is 0. The lowest BCUT2D eigenvalue weighted by Crippen LogP contribution is -2.30. The lowest BCUT2D eigenvalue weighted by molar-refractivity contribution is -0.167. The smallest absolute Gasteiger partial charge is 0.306 e. The van der Waals surface area contributed by atoms with E-state index >= 15 is 0 Å². The van der Waals surface area contributed by atoms with Crippen molar-refractivity contribution in [3.8, 4) is 0 Å². The summed E-state index contributed by atoms with van der Waals surface area (Å²) < 4.78 is 16.8. The van der Waals surface area contributed by atoms with Crippen LogP contribution in [0.5, 0.6) is 0 Å². The van der Waals surface area contributed by atoms with Crippen LogP contribution in [0.2, 0.25) is 0 Å². The Morgan fingerprint density at radius 2 is 0.574 bits per heavy atom. The first kappa shape index (κ1) is 64.6. The number of esters is 3. The first-order chi connectivity index (χ1) is 33.5. The van der Waals surface area contributed by atoms with E-state index in [1.807, 2.05) is 0 Å². The van der Waals surface area contributed by atoms with Gasteiger partial charge in [-0.25, -0.2) is 0 Å². The van der Waals surface area contributed by atoms with Crippen molar-refractivity contribution in [2.75, 3.05) is 13.2 Å². The van der Waals surface area contributed by atoms with Crippen molar-refractivity contribution in [1.82, 2.24) is 0 Å². The Morgan fingerprint density at radius 3 is 0.897 bits per heavy atom. The molecule has 0 bridgehead atoms. The molecule has 0 heterocycles. The molecule has 0 saturated heterocycles. The Bertz CT molecular complexity index is 1320. The predicted octanol–water partition coefficient (Wildman–Crippen LogP) is 19.2. The molecule has 0 aromatic carbocycles. The van der Waals surface area contributed by atoms with Gasteiger partial charge in [-0.3, -0.25) is 14.4 Å². The summed E-state index contributed by atoms with van der Waals surface area (Å²) in [6.45, 7) is 6.48. The van der Waals surface area contributed by atoms with E-state index in [1.165, 1.54) is 116 Å². The average molecular weight is 948 g/mol. The molecular formula is C62H106O6. The molecule has 6 heteroatoms. The van der Waals surface area contributed by atoms with Crippen molar-refractivity contribution in [3.63, 3.8) is 0 Å². The van der Waals surface area contributed by atoms with Crippen molar-refractivity contribution < 1.29 is 28.6 Å². The molecule has 390 valence electrons. The highest BCUT2D eigenvalue weighted by Gasteiger charge is 2.19. The third-order valence-electron chi connectivity index (χ3n) is 12.1. The van der Waals surface area contributed by atoms with Gasteiger partial charge in [-0.2, -0.15) is 0 Å². The Balaban J connectivity index is 4.29. The Morgan fingerprint density at radius 1 is 0.309 bits per heavy atom. The van der Waals surface area contributed by atoms with Gasteiger partial charge in [0.05, 0.1) is 0 Å². The van der Waals surface area contributed by atoms with Crippen LogP contribution in [-0.4, -0.2) is 37.2 Å². The van der Waals surface area contributed by atoms with Gasteiger partial charge in [0.1, 0.15) is 13.2 Å². The van der Waals surface area contributed by atoms with Crippen LogP contribution in [-0.2, 0) is 28.6 Å². The van der Waals surface area contributed by atoms with E-state index in [-0.39, 0.29) is 31.1 Å². The molecule has 6 nitrogen and oxygen atoms in total. The minimum absolute atomic E-state index is 0.0836. The average Bonchev–Trinajstić information content (AvgIpc) is 3.34. The van der Waals surface area contributed by atoms with Gasteiger partial charge < -0.3 is 14.2 Å². The van der Waals surface area contributed by atoms with Crippen molar-refractivity contribution in [1.29, 1.82) is 0 Å². The molecule has 0 radical (unpaired) electrons. The van der Waals surface area contributed by atoms with Crippen LogP contribution >= 0.6 is 0 Å². The quantitative estimate of drug-likeness (QED) is 0.0262. The second kappa shape index (κ2) is 56.2. The van der Waals surface area contributed by atoms with E-state index < -0.39 is 6.10 Å². The molecule has 0 aliphatic carbocycles. The van der Waals surface area contributed by atoms with Crippen LogP contribution in [0.4, 0.5) is 0 Å². The van der Waals surface area contributed by atoms with Crippen molar-refractivity contribution in [2.24, 2.45) is 0 Å². The number of rotatable bonds is 51. The fraction of sp³-hybridized carbons (Fsp3) is 0.726. The summed E-state index contributed by atoms with van der Waals surface area (Å²) in [6, 6.07) is 0. The highest BCUT2D eigenvalue weighted by atomic mass is 16.6. The number of unbranched alkanes of at least 4 members (excludes halogenated alkanes) is 26. The fourth-order valence-electron chi connectivity index (χ4n) is 7.85. The number of ether oxygens (including phenoxy) is 3. The van der Waals surface area contributed by atoms with Gasteiger partial charge in [0.15, 0.2) is 6.10 Å². The zero-order chi connectivity index (χ0) is 49.3. The molecule has 0 rings (SSSR count). The maximum absolute atomic E-state index is 12.8. The molecule has 0 spiro atoms. The summed E-state index contributed by atoms with van der Waals surface area (Å²) in [6.07, 6.45) is 73.0. The summed E-state index contributed by atoms with van der Waals surface area (Å²) in [5.74, 6) is -0.905. The zero-order valence-electron chi connectivity index (χ0n) is 44.6. The molecule has 1 unspecified atom stereocenters.